The van der Waals surface area contributed by atoms with Crippen molar-refractivity contribution >= 4 is 5.84 Å². The molecule has 20 heavy (non-hydrogen) atoms. The molecule has 0 amide bonds. The van der Waals surface area contributed by atoms with E-state index in [4.69, 9.17) is 10.9 Å². The number of hydrogen-bond acceptors (Lipinski definition) is 4. The minimum atomic E-state index is -0.185. The first-order chi connectivity index (χ1) is 9.72. The molecule has 5 heteroatoms. The summed E-state index contributed by atoms with van der Waals surface area (Å²) in [5, 5.41) is 25.1. The van der Waals surface area contributed by atoms with E-state index in [9.17, 15) is 5.11 Å². The second-order valence-electron chi connectivity index (χ2n) is 5.39. The Morgan fingerprint density at radius 3 is 2.80 bits per heavy atom. The van der Waals surface area contributed by atoms with Crippen molar-refractivity contribution in [2.24, 2.45) is 16.8 Å². The predicted molar refractivity (Wildman–Crippen MR) is 78.6 cm³/mol. The van der Waals surface area contributed by atoms with Crippen molar-refractivity contribution in [1.82, 2.24) is 5.32 Å². The molecule has 1 aliphatic rings. The Labute approximate surface area is 119 Å². The van der Waals surface area contributed by atoms with Crippen LogP contribution in [-0.2, 0) is 6.54 Å². The van der Waals surface area contributed by atoms with Gasteiger partial charge in [0.25, 0.3) is 0 Å². The van der Waals surface area contributed by atoms with Crippen LogP contribution in [0.1, 0.15) is 36.8 Å². The second kappa shape index (κ2) is 7.26. The van der Waals surface area contributed by atoms with Crippen LogP contribution in [0, 0.1) is 5.92 Å². The van der Waals surface area contributed by atoms with Crippen LogP contribution in [0.15, 0.2) is 29.4 Å². The van der Waals surface area contributed by atoms with Gasteiger partial charge in [0.05, 0.1) is 6.10 Å². The zero-order chi connectivity index (χ0) is 14.4. The van der Waals surface area contributed by atoms with Crippen LogP contribution < -0.4 is 11.1 Å². The van der Waals surface area contributed by atoms with E-state index in [0.717, 1.165) is 36.9 Å². The maximum absolute atomic E-state index is 9.93. The molecule has 0 bridgehead atoms. The highest BCUT2D eigenvalue weighted by Crippen LogP contribution is 2.23. The number of amidine groups is 1. The number of hydrogen-bond donors (Lipinski definition) is 4. The van der Waals surface area contributed by atoms with Gasteiger partial charge in [0, 0.05) is 18.7 Å². The highest BCUT2D eigenvalue weighted by molar-refractivity contribution is 5.98. The molecule has 1 saturated carbocycles. The van der Waals surface area contributed by atoms with Crippen molar-refractivity contribution in [3.63, 3.8) is 0 Å². The fourth-order valence-corrected chi connectivity index (χ4v) is 2.80. The van der Waals surface area contributed by atoms with E-state index in [-0.39, 0.29) is 11.9 Å². The van der Waals surface area contributed by atoms with Gasteiger partial charge in [-0.05, 0) is 24.3 Å². The molecular formula is C15H23N3O2. The Morgan fingerprint density at radius 1 is 1.30 bits per heavy atom. The van der Waals surface area contributed by atoms with Gasteiger partial charge in [-0.1, -0.05) is 42.3 Å². The van der Waals surface area contributed by atoms with Gasteiger partial charge in [-0.15, -0.1) is 0 Å². The highest BCUT2D eigenvalue weighted by atomic mass is 16.4. The SMILES string of the molecule is NC(=NO)c1ccccc1CNCC1CCCCC1O. The lowest BCUT2D eigenvalue weighted by Gasteiger charge is -2.27. The van der Waals surface area contributed by atoms with Crippen LogP contribution in [-0.4, -0.2) is 28.8 Å². The fourth-order valence-electron chi connectivity index (χ4n) is 2.80. The lowest BCUT2D eigenvalue weighted by molar-refractivity contribution is 0.0695. The van der Waals surface area contributed by atoms with E-state index >= 15 is 0 Å². The molecule has 2 atom stereocenters. The number of nitrogens with zero attached hydrogens (tertiary/aromatic N) is 1. The van der Waals surface area contributed by atoms with Crippen molar-refractivity contribution in [2.75, 3.05) is 6.54 Å². The van der Waals surface area contributed by atoms with E-state index in [1.165, 1.54) is 6.42 Å². The molecule has 1 aliphatic carbocycles. The van der Waals surface area contributed by atoms with Gasteiger partial charge < -0.3 is 21.4 Å². The van der Waals surface area contributed by atoms with E-state index in [1.54, 1.807) is 0 Å². The molecule has 1 aromatic rings. The van der Waals surface area contributed by atoms with Gasteiger partial charge >= 0.3 is 0 Å². The monoisotopic (exact) mass is 277 g/mol. The molecule has 0 radical (unpaired) electrons. The van der Waals surface area contributed by atoms with Crippen LogP contribution in [0.3, 0.4) is 0 Å². The molecule has 0 heterocycles. The summed E-state index contributed by atoms with van der Waals surface area (Å²) in [5.74, 6) is 0.458. The van der Waals surface area contributed by atoms with Crippen LogP contribution >= 0.6 is 0 Å². The molecule has 0 aromatic heterocycles. The number of aliphatic hydroxyl groups excluding tert-OH is 1. The summed E-state index contributed by atoms with van der Waals surface area (Å²) >= 11 is 0. The average molecular weight is 277 g/mol. The number of rotatable bonds is 5. The molecule has 2 rings (SSSR count). The molecule has 5 N–H and O–H groups in total. The highest BCUT2D eigenvalue weighted by Gasteiger charge is 2.22. The molecular weight excluding hydrogens is 254 g/mol. The first-order valence-electron chi connectivity index (χ1n) is 7.17. The van der Waals surface area contributed by atoms with E-state index < -0.39 is 0 Å². The van der Waals surface area contributed by atoms with Gasteiger partial charge in [0.2, 0.25) is 0 Å². The maximum Gasteiger partial charge on any atom is 0.170 e. The minimum Gasteiger partial charge on any atom is -0.409 e. The summed E-state index contributed by atoms with van der Waals surface area (Å²) in [6.45, 7) is 1.45. The molecule has 0 spiro atoms. The lowest BCUT2D eigenvalue weighted by atomic mass is 9.86. The zero-order valence-electron chi connectivity index (χ0n) is 11.6. The second-order valence-corrected chi connectivity index (χ2v) is 5.39. The fraction of sp³-hybridized carbons (Fsp3) is 0.533. The van der Waals surface area contributed by atoms with Crippen molar-refractivity contribution in [3.8, 4) is 0 Å². The average Bonchev–Trinajstić information content (AvgIpc) is 2.49. The smallest absolute Gasteiger partial charge is 0.170 e. The third-order valence-corrected chi connectivity index (χ3v) is 3.99. The number of nitrogens with two attached hydrogens (primary N) is 1. The van der Waals surface area contributed by atoms with Crippen molar-refractivity contribution in [2.45, 2.75) is 38.3 Å². The van der Waals surface area contributed by atoms with Crippen molar-refractivity contribution in [3.05, 3.63) is 35.4 Å². The van der Waals surface area contributed by atoms with Crippen molar-refractivity contribution < 1.29 is 10.3 Å². The third kappa shape index (κ3) is 3.71. The summed E-state index contributed by atoms with van der Waals surface area (Å²) in [7, 11) is 0. The third-order valence-electron chi connectivity index (χ3n) is 3.99. The summed E-state index contributed by atoms with van der Waals surface area (Å²) in [4.78, 5) is 0. The molecule has 110 valence electrons. The molecule has 5 nitrogen and oxygen atoms in total. The number of oxime groups is 1. The Kier molecular flexibility index (Phi) is 5.38. The van der Waals surface area contributed by atoms with Gasteiger partial charge in [0.1, 0.15) is 0 Å². The summed E-state index contributed by atoms with van der Waals surface area (Å²) in [6, 6.07) is 7.58. The minimum absolute atomic E-state index is 0.125. The summed E-state index contributed by atoms with van der Waals surface area (Å²) in [5.41, 5.74) is 7.40. The van der Waals surface area contributed by atoms with E-state index in [0.29, 0.717) is 12.5 Å². The van der Waals surface area contributed by atoms with Gasteiger partial charge in [-0.3, -0.25) is 0 Å². The van der Waals surface area contributed by atoms with Crippen LogP contribution in [0.2, 0.25) is 0 Å². The number of benzene rings is 1. The Balaban J connectivity index is 1.91. The van der Waals surface area contributed by atoms with E-state index in [1.807, 2.05) is 24.3 Å². The zero-order valence-corrected chi connectivity index (χ0v) is 11.6. The summed E-state index contributed by atoms with van der Waals surface area (Å²) < 4.78 is 0. The number of aliphatic hydroxyl groups is 1. The number of nitrogens with one attached hydrogen (secondary N) is 1. The Morgan fingerprint density at radius 2 is 2.05 bits per heavy atom. The summed E-state index contributed by atoms with van der Waals surface area (Å²) in [6.07, 6.45) is 4.13. The largest absolute Gasteiger partial charge is 0.409 e. The van der Waals surface area contributed by atoms with Crippen LogP contribution in [0.4, 0.5) is 0 Å². The first-order valence-corrected chi connectivity index (χ1v) is 7.17. The van der Waals surface area contributed by atoms with Crippen LogP contribution in [0.5, 0.6) is 0 Å². The normalized spacial score (nSPS) is 23.8. The molecule has 0 saturated heterocycles. The van der Waals surface area contributed by atoms with Crippen molar-refractivity contribution in [1.29, 1.82) is 0 Å². The molecule has 1 fully saturated rings. The van der Waals surface area contributed by atoms with Gasteiger partial charge in [0.15, 0.2) is 5.84 Å². The quantitative estimate of drug-likeness (QED) is 0.283. The molecule has 2 unspecified atom stereocenters. The Bertz CT molecular complexity index is 462. The standard InChI is InChI=1S/C15H23N3O2/c16-15(18-20)13-7-3-1-5-11(13)9-17-10-12-6-2-4-8-14(12)19/h1,3,5,7,12,14,17,19-20H,2,4,6,8-10H2,(H2,16,18). The molecule has 0 aliphatic heterocycles. The first kappa shape index (κ1) is 14.8. The Hall–Kier alpha value is -1.59. The van der Waals surface area contributed by atoms with E-state index in [2.05, 4.69) is 10.5 Å². The van der Waals surface area contributed by atoms with Gasteiger partial charge in [-0.25, -0.2) is 0 Å². The van der Waals surface area contributed by atoms with Gasteiger partial charge in [-0.2, -0.15) is 0 Å². The van der Waals surface area contributed by atoms with Crippen LogP contribution in [0.25, 0.3) is 0 Å². The molecule has 1 aromatic carbocycles. The maximum atomic E-state index is 9.93. The topological polar surface area (TPSA) is 90.9 Å². The predicted octanol–water partition coefficient (Wildman–Crippen LogP) is 1.42. The lowest BCUT2D eigenvalue weighted by Crippen LogP contribution is -2.34.